The summed E-state index contributed by atoms with van der Waals surface area (Å²) in [5, 5.41) is 2.05. The molecule has 0 unspecified atom stereocenters. The predicted octanol–water partition coefficient (Wildman–Crippen LogP) is 2.68. The second-order valence-electron chi connectivity index (χ2n) is 2.84. The van der Waals surface area contributed by atoms with Crippen molar-refractivity contribution in [3.8, 4) is 0 Å². The number of rotatable bonds is 2. The van der Waals surface area contributed by atoms with Gasteiger partial charge in [-0.15, -0.1) is 0 Å². The molecule has 0 saturated carbocycles. The topological polar surface area (TPSA) is 12.0 Å². The molecular formula is C8H13NS. The number of nitrogens with one attached hydrogen (secondary N) is 1. The van der Waals surface area contributed by atoms with Gasteiger partial charge in [-0.2, -0.15) is 0 Å². The lowest BCUT2D eigenvalue weighted by molar-refractivity contribution is 0.632. The minimum Gasteiger partial charge on any atom is -0.330 e. The first kappa shape index (κ1) is 7.73. The lowest BCUT2D eigenvalue weighted by Gasteiger charge is -2.12. The highest BCUT2D eigenvalue weighted by Gasteiger charge is 2.00. The van der Waals surface area contributed by atoms with Gasteiger partial charge in [0.1, 0.15) is 0 Å². The Morgan fingerprint density at radius 2 is 2.40 bits per heavy atom. The first-order chi connectivity index (χ1) is 4.79. The lowest BCUT2D eigenvalue weighted by atomic mass is 10.1. The summed E-state index contributed by atoms with van der Waals surface area (Å²) in [6, 6.07) is 0. The molecular weight excluding hydrogens is 142 g/mol. The third kappa shape index (κ3) is 2.48. The van der Waals surface area contributed by atoms with Gasteiger partial charge in [0, 0.05) is 5.70 Å². The van der Waals surface area contributed by atoms with Gasteiger partial charge in [-0.1, -0.05) is 19.9 Å². The molecule has 0 aromatic rings. The fraction of sp³-hybridized carbons (Fsp3) is 0.500. The molecule has 0 aliphatic carbocycles. The average Bonchev–Trinajstić information content (AvgIpc) is 1.88. The van der Waals surface area contributed by atoms with Crippen LogP contribution in [0.4, 0.5) is 0 Å². The maximum absolute atomic E-state index is 3.24. The largest absolute Gasteiger partial charge is 0.330 e. The Labute approximate surface area is 66.7 Å². The smallest absolute Gasteiger partial charge is 0.0216 e. The van der Waals surface area contributed by atoms with Crippen molar-refractivity contribution >= 4 is 11.9 Å². The molecule has 0 radical (unpaired) electrons. The zero-order valence-electron chi connectivity index (χ0n) is 6.42. The van der Waals surface area contributed by atoms with Crippen LogP contribution in [0.5, 0.6) is 0 Å². The molecule has 0 aromatic carbocycles. The molecule has 1 aliphatic heterocycles. The molecule has 0 fully saturated rings. The normalized spacial score (nSPS) is 16.9. The Kier molecular flexibility index (Phi) is 2.87. The van der Waals surface area contributed by atoms with Gasteiger partial charge >= 0.3 is 0 Å². The monoisotopic (exact) mass is 155 g/mol. The van der Waals surface area contributed by atoms with Crippen molar-refractivity contribution in [1.82, 2.24) is 4.72 Å². The quantitative estimate of drug-likeness (QED) is 0.615. The van der Waals surface area contributed by atoms with Crippen molar-refractivity contribution in [3.05, 3.63) is 23.3 Å². The Balaban J connectivity index is 2.39. The Morgan fingerprint density at radius 1 is 1.60 bits per heavy atom. The summed E-state index contributed by atoms with van der Waals surface area (Å²) in [7, 11) is 0. The van der Waals surface area contributed by atoms with E-state index in [9.17, 15) is 0 Å². The Hall–Kier alpha value is -0.370. The van der Waals surface area contributed by atoms with Crippen LogP contribution < -0.4 is 4.72 Å². The summed E-state index contributed by atoms with van der Waals surface area (Å²) in [6.07, 6.45) is 5.37. The van der Waals surface area contributed by atoms with E-state index in [4.69, 9.17) is 0 Å². The van der Waals surface area contributed by atoms with E-state index in [-0.39, 0.29) is 0 Å². The first-order valence-electron chi connectivity index (χ1n) is 3.56. The molecule has 0 aromatic heterocycles. The summed E-state index contributed by atoms with van der Waals surface area (Å²) in [5.41, 5.74) is 1.34. The molecule has 1 N–H and O–H groups in total. The van der Waals surface area contributed by atoms with Gasteiger partial charge in [0.25, 0.3) is 0 Å². The van der Waals surface area contributed by atoms with Crippen LogP contribution in [0.1, 0.15) is 20.3 Å². The van der Waals surface area contributed by atoms with Crippen molar-refractivity contribution in [2.45, 2.75) is 20.3 Å². The van der Waals surface area contributed by atoms with Crippen LogP contribution in [0, 0.1) is 5.92 Å². The third-order valence-electron chi connectivity index (χ3n) is 1.26. The van der Waals surface area contributed by atoms with Crippen LogP contribution in [0.15, 0.2) is 23.3 Å². The fourth-order valence-electron chi connectivity index (χ4n) is 0.888. The third-order valence-corrected chi connectivity index (χ3v) is 1.94. The molecule has 10 heavy (non-hydrogen) atoms. The summed E-state index contributed by atoms with van der Waals surface area (Å²) < 4.78 is 3.24. The predicted molar refractivity (Wildman–Crippen MR) is 47.4 cm³/mol. The minimum absolute atomic E-state index is 0.742. The standard InChI is InChI=1S/C8H13NS/c1-7(2)6-8-4-3-5-10-9-8/h3-5,7,9H,6H2,1-2H3. The zero-order chi connectivity index (χ0) is 7.40. The van der Waals surface area contributed by atoms with E-state index in [1.54, 1.807) is 11.9 Å². The van der Waals surface area contributed by atoms with Gasteiger partial charge < -0.3 is 4.72 Å². The molecule has 1 rings (SSSR count). The molecule has 1 heterocycles. The lowest BCUT2D eigenvalue weighted by Crippen LogP contribution is -2.06. The SMILES string of the molecule is CC(C)CC1=CC=CSN1. The zero-order valence-corrected chi connectivity index (χ0v) is 7.24. The van der Waals surface area contributed by atoms with E-state index < -0.39 is 0 Å². The Morgan fingerprint density at radius 3 is 2.90 bits per heavy atom. The van der Waals surface area contributed by atoms with Gasteiger partial charge in [0.2, 0.25) is 0 Å². The van der Waals surface area contributed by atoms with Crippen molar-refractivity contribution < 1.29 is 0 Å². The molecule has 1 aliphatic rings. The highest BCUT2D eigenvalue weighted by Crippen LogP contribution is 2.15. The summed E-state index contributed by atoms with van der Waals surface area (Å²) in [4.78, 5) is 0. The number of allylic oxidation sites excluding steroid dienone is 3. The second kappa shape index (κ2) is 3.71. The summed E-state index contributed by atoms with van der Waals surface area (Å²) in [5.74, 6) is 0.742. The van der Waals surface area contributed by atoms with E-state index in [2.05, 4.69) is 30.7 Å². The summed E-state index contributed by atoms with van der Waals surface area (Å²) >= 11 is 1.65. The van der Waals surface area contributed by atoms with Crippen molar-refractivity contribution in [3.63, 3.8) is 0 Å². The average molecular weight is 155 g/mol. The molecule has 0 bridgehead atoms. The summed E-state index contributed by atoms with van der Waals surface area (Å²) in [6.45, 7) is 4.46. The van der Waals surface area contributed by atoms with E-state index in [1.165, 1.54) is 5.70 Å². The number of hydrogen-bond acceptors (Lipinski definition) is 2. The van der Waals surface area contributed by atoms with Crippen LogP contribution in [0.3, 0.4) is 0 Å². The van der Waals surface area contributed by atoms with Crippen LogP contribution in [-0.2, 0) is 0 Å². The van der Waals surface area contributed by atoms with E-state index in [0.717, 1.165) is 12.3 Å². The minimum atomic E-state index is 0.742. The van der Waals surface area contributed by atoms with Crippen LogP contribution in [0.25, 0.3) is 0 Å². The van der Waals surface area contributed by atoms with Crippen LogP contribution in [-0.4, -0.2) is 0 Å². The maximum atomic E-state index is 3.24. The van der Waals surface area contributed by atoms with Gasteiger partial charge in [0.05, 0.1) is 0 Å². The fourth-order valence-corrected chi connectivity index (χ4v) is 1.42. The van der Waals surface area contributed by atoms with E-state index >= 15 is 0 Å². The highest BCUT2D eigenvalue weighted by molar-refractivity contribution is 8.00. The van der Waals surface area contributed by atoms with Crippen molar-refractivity contribution in [2.75, 3.05) is 0 Å². The molecule has 0 atom stereocenters. The van der Waals surface area contributed by atoms with Gasteiger partial charge in [-0.05, 0) is 35.8 Å². The van der Waals surface area contributed by atoms with E-state index in [1.807, 2.05) is 5.41 Å². The molecule has 2 heteroatoms. The first-order valence-corrected chi connectivity index (χ1v) is 4.44. The van der Waals surface area contributed by atoms with Gasteiger partial charge in [0.15, 0.2) is 0 Å². The van der Waals surface area contributed by atoms with Gasteiger partial charge in [-0.25, -0.2) is 0 Å². The molecule has 0 amide bonds. The van der Waals surface area contributed by atoms with E-state index in [0.29, 0.717) is 0 Å². The highest BCUT2D eigenvalue weighted by atomic mass is 32.2. The second-order valence-corrected chi connectivity index (χ2v) is 3.55. The Bertz CT molecular complexity index is 159. The van der Waals surface area contributed by atoms with Crippen molar-refractivity contribution in [1.29, 1.82) is 0 Å². The molecule has 0 saturated heterocycles. The maximum Gasteiger partial charge on any atom is 0.0216 e. The van der Waals surface area contributed by atoms with Crippen molar-refractivity contribution in [2.24, 2.45) is 5.92 Å². The molecule has 56 valence electrons. The molecule has 1 nitrogen and oxygen atoms in total. The van der Waals surface area contributed by atoms with Crippen LogP contribution in [0.2, 0.25) is 0 Å². The van der Waals surface area contributed by atoms with Crippen LogP contribution >= 0.6 is 11.9 Å². The van der Waals surface area contributed by atoms with Gasteiger partial charge in [-0.3, -0.25) is 0 Å². The molecule has 0 spiro atoms. The number of hydrogen-bond donors (Lipinski definition) is 1.